The molecular weight excluding hydrogens is 209 g/mol. The van der Waals surface area contributed by atoms with Crippen LogP contribution in [0.2, 0.25) is 0 Å². The van der Waals surface area contributed by atoms with Gasteiger partial charge in [0.05, 0.1) is 6.26 Å². The molecule has 0 aliphatic heterocycles. The Kier molecular flexibility index (Phi) is 2.72. The van der Waals surface area contributed by atoms with Gasteiger partial charge in [-0.3, -0.25) is 4.79 Å². The van der Waals surface area contributed by atoms with Crippen molar-refractivity contribution in [3.8, 4) is 0 Å². The number of rotatable bonds is 2. The predicted octanol–water partition coefficient (Wildman–Crippen LogP) is 2.98. The van der Waals surface area contributed by atoms with E-state index in [0.29, 0.717) is 5.69 Å². The number of carbonyl (C=O) groups excluding carboxylic acids is 1. The molecule has 3 nitrogen and oxygen atoms in total. The van der Waals surface area contributed by atoms with Crippen molar-refractivity contribution >= 4 is 11.6 Å². The van der Waals surface area contributed by atoms with Gasteiger partial charge in [0.1, 0.15) is 5.82 Å². The molecule has 0 fully saturated rings. The maximum Gasteiger partial charge on any atom is 0.291 e. The Labute approximate surface area is 91.9 Å². The molecule has 16 heavy (non-hydrogen) atoms. The number of nitrogens with one attached hydrogen (secondary N) is 1. The molecule has 0 saturated carbocycles. The van der Waals surface area contributed by atoms with Gasteiger partial charge in [-0.05, 0) is 42.8 Å². The van der Waals surface area contributed by atoms with Crippen LogP contribution in [-0.2, 0) is 0 Å². The highest BCUT2D eigenvalue weighted by atomic mass is 19.1. The molecule has 0 atom stereocenters. The van der Waals surface area contributed by atoms with Crippen LogP contribution < -0.4 is 5.32 Å². The summed E-state index contributed by atoms with van der Waals surface area (Å²) in [5.74, 6) is -0.451. The molecule has 1 amide bonds. The Hall–Kier alpha value is -2.10. The molecule has 0 spiro atoms. The molecule has 1 aromatic carbocycles. The van der Waals surface area contributed by atoms with Crippen molar-refractivity contribution in [3.63, 3.8) is 0 Å². The lowest BCUT2D eigenvalue weighted by Crippen LogP contribution is -2.10. The van der Waals surface area contributed by atoms with Crippen LogP contribution in [0.3, 0.4) is 0 Å². The molecule has 4 heteroatoms. The second-order valence-corrected chi connectivity index (χ2v) is 3.45. The van der Waals surface area contributed by atoms with E-state index < -0.39 is 0 Å². The summed E-state index contributed by atoms with van der Waals surface area (Å²) in [6, 6.07) is 7.18. The fourth-order valence-corrected chi connectivity index (χ4v) is 1.28. The molecule has 0 bridgehead atoms. The van der Waals surface area contributed by atoms with Gasteiger partial charge in [0, 0.05) is 5.69 Å². The third-order valence-corrected chi connectivity index (χ3v) is 2.06. The summed E-state index contributed by atoms with van der Waals surface area (Å²) in [7, 11) is 0. The predicted molar refractivity (Wildman–Crippen MR) is 57.8 cm³/mol. The highest BCUT2D eigenvalue weighted by molar-refractivity contribution is 6.02. The van der Waals surface area contributed by atoms with E-state index in [1.54, 1.807) is 6.07 Å². The fraction of sp³-hybridized carbons (Fsp3) is 0.0833. The first kappa shape index (κ1) is 10.4. The third-order valence-electron chi connectivity index (χ3n) is 2.06. The Morgan fingerprint density at radius 3 is 2.56 bits per heavy atom. The van der Waals surface area contributed by atoms with E-state index in [1.165, 1.54) is 30.5 Å². The fourth-order valence-electron chi connectivity index (χ4n) is 1.28. The summed E-state index contributed by atoms with van der Waals surface area (Å²) in [6.07, 6.45) is 1.50. The second-order valence-electron chi connectivity index (χ2n) is 3.45. The van der Waals surface area contributed by atoms with Gasteiger partial charge in [0.25, 0.3) is 5.91 Å². The zero-order valence-electron chi connectivity index (χ0n) is 8.66. The summed E-state index contributed by atoms with van der Waals surface area (Å²) in [5.41, 5.74) is 1.41. The summed E-state index contributed by atoms with van der Waals surface area (Å²) in [5, 5.41) is 2.60. The molecule has 2 rings (SSSR count). The molecule has 0 aliphatic rings. The Balaban J connectivity index is 2.10. The minimum atomic E-state index is -0.347. The average Bonchev–Trinajstić information content (AvgIpc) is 2.68. The number of halogens is 1. The quantitative estimate of drug-likeness (QED) is 0.843. The van der Waals surface area contributed by atoms with Crippen LogP contribution in [0.4, 0.5) is 10.1 Å². The van der Waals surface area contributed by atoms with Crippen molar-refractivity contribution in [2.45, 2.75) is 6.92 Å². The number of hydrogen-bond donors (Lipinski definition) is 1. The normalized spacial score (nSPS) is 10.1. The average molecular weight is 219 g/mol. The van der Waals surface area contributed by atoms with Crippen LogP contribution in [0, 0.1) is 12.7 Å². The summed E-state index contributed by atoms with van der Waals surface area (Å²) < 4.78 is 17.7. The summed E-state index contributed by atoms with van der Waals surface area (Å²) in [6.45, 7) is 1.83. The summed E-state index contributed by atoms with van der Waals surface area (Å²) in [4.78, 5) is 11.6. The smallest absolute Gasteiger partial charge is 0.291 e. The standard InChI is InChI=1S/C12H10FNO2/c1-8-6-11(16-7-8)12(15)14-10-4-2-9(13)3-5-10/h2-7H,1H3,(H,14,15). The molecule has 0 unspecified atom stereocenters. The SMILES string of the molecule is Cc1coc(C(=O)Nc2ccc(F)cc2)c1. The highest BCUT2D eigenvalue weighted by Crippen LogP contribution is 2.12. The van der Waals surface area contributed by atoms with Crippen molar-refractivity contribution in [1.82, 2.24) is 0 Å². The van der Waals surface area contributed by atoms with E-state index in [9.17, 15) is 9.18 Å². The van der Waals surface area contributed by atoms with Crippen molar-refractivity contribution in [3.05, 3.63) is 53.7 Å². The van der Waals surface area contributed by atoms with E-state index in [4.69, 9.17) is 4.42 Å². The van der Waals surface area contributed by atoms with Gasteiger partial charge in [0.2, 0.25) is 0 Å². The van der Waals surface area contributed by atoms with Crippen LogP contribution >= 0.6 is 0 Å². The molecule has 2 aromatic rings. The number of aryl methyl sites for hydroxylation is 1. The van der Waals surface area contributed by atoms with E-state index in [-0.39, 0.29) is 17.5 Å². The highest BCUT2D eigenvalue weighted by Gasteiger charge is 2.09. The maximum atomic E-state index is 12.6. The molecular formula is C12H10FNO2. The topological polar surface area (TPSA) is 42.2 Å². The van der Waals surface area contributed by atoms with Crippen LogP contribution in [0.5, 0.6) is 0 Å². The van der Waals surface area contributed by atoms with Crippen molar-refractivity contribution < 1.29 is 13.6 Å². The lowest BCUT2D eigenvalue weighted by molar-refractivity contribution is 0.0996. The van der Waals surface area contributed by atoms with Gasteiger partial charge in [-0.15, -0.1) is 0 Å². The molecule has 82 valence electrons. The van der Waals surface area contributed by atoms with Crippen LogP contribution in [0.25, 0.3) is 0 Å². The Morgan fingerprint density at radius 2 is 2.00 bits per heavy atom. The monoisotopic (exact) mass is 219 g/mol. The lowest BCUT2D eigenvalue weighted by Gasteiger charge is -2.01. The molecule has 1 heterocycles. The molecule has 1 aromatic heterocycles. The first-order valence-electron chi connectivity index (χ1n) is 4.77. The zero-order chi connectivity index (χ0) is 11.5. The van der Waals surface area contributed by atoms with Crippen molar-refractivity contribution in [2.24, 2.45) is 0 Å². The van der Waals surface area contributed by atoms with E-state index in [2.05, 4.69) is 5.32 Å². The number of benzene rings is 1. The Bertz CT molecular complexity index is 502. The van der Waals surface area contributed by atoms with Gasteiger partial charge >= 0.3 is 0 Å². The van der Waals surface area contributed by atoms with Crippen LogP contribution in [0.15, 0.2) is 41.0 Å². The van der Waals surface area contributed by atoms with E-state index in [0.717, 1.165) is 5.56 Å². The minimum absolute atomic E-state index is 0.238. The third kappa shape index (κ3) is 2.28. The first-order valence-corrected chi connectivity index (χ1v) is 4.77. The Morgan fingerprint density at radius 1 is 1.31 bits per heavy atom. The molecule has 0 radical (unpaired) electrons. The van der Waals surface area contributed by atoms with Crippen molar-refractivity contribution in [1.29, 1.82) is 0 Å². The van der Waals surface area contributed by atoms with Crippen molar-refractivity contribution in [2.75, 3.05) is 5.32 Å². The molecule has 1 N–H and O–H groups in total. The summed E-state index contributed by atoms with van der Waals surface area (Å²) >= 11 is 0. The number of hydrogen-bond acceptors (Lipinski definition) is 2. The van der Waals surface area contributed by atoms with Crippen LogP contribution in [-0.4, -0.2) is 5.91 Å². The zero-order valence-corrected chi connectivity index (χ0v) is 8.66. The van der Waals surface area contributed by atoms with E-state index in [1.807, 2.05) is 6.92 Å². The number of carbonyl (C=O) groups is 1. The number of furan rings is 1. The maximum absolute atomic E-state index is 12.6. The van der Waals surface area contributed by atoms with Gasteiger partial charge in [-0.1, -0.05) is 0 Å². The van der Waals surface area contributed by atoms with E-state index >= 15 is 0 Å². The molecule has 0 saturated heterocycles. The number of anilines is 1. The largest absolute Gasteiger partial charge is 0.459 e. The number of amides is 1. The van der Waals surface area contributed by atoms with Gasteiger partial charge in [-0.25, -0.2) is 4.39 Å². The van der Waals surface area contributed by atoms with Gasteiger partial charge in [-0.2, -0.15) is 0 Å². The first-order chi connectivity index (χ1) is 7.65. The minimum Gasteiger partial charge on any atom is -0.459 e. The molecule has 0 aliphatic carbocycles. The van der Waals surface area contributed by atoms with Gasteiger partial charge < -0.3 is 9.73 Å². The van der Waals surface area contributed by atoms with Gasteiger partial charge in [0.15, 0.2) is 5.76 Å². The van der Waals surface area contributed by atoms with Crippen LogP contribution in [0.1, 0.15) is 16.1 Å². The lowest BCUT2D eigenvalue weighted by atomic mass is 10.3. The second kappa shape index (κ2) is 4.18.